The van der Waals surface area contributed by atoms with Crippen molar-refractivity contribution in [1.82, 2.24) is 20.0 Å². The second kappa shape index (κ2) is 5.65. The summed E-state index contributed by atoms with van der Waals surface area (Å²) in [6, 6.07) is 2.88. The molecular weight excluding hydrogens is 212 g/mol. The Morgan fingerprint density at radius 3 is 2.88 bits per heavy atom. The minimum absolute atomic E-state index is 0.644. The lowest BCUT2D eigenvalue weighted by atomic mass is 10.2. The molecule has 2 heterocycles. The van der Waals surface area contributed by atoms with Gasteiger partial charge in [0.2, 0.25) is 0 Å². The molecule has 0 amide bonds. The summed E-state index contributed by atoms with van der Waals surface area (Å²) in [5.41, 5.74) is 2.52. The average molecular weight is 236 g/mol. The molecule has 96 valence electrons. The summed E-state index contributed by atoms with van der Waals surface area (Å²) in [6.07, 6.45) is 2.28. The summed E-state index contributed by atoms with van der Waals surface area (Å²) in [5.74, 6) is 0. The van der Waals surface area contributed by atoms with E-state index in [-0.39, 0.29) is 0 Å². The maximum atomic E-state index is 4.57. The van der Waals surface area contributed by atoms with E-state index in [4.69, 9.17) is 0 Å². The molecule has 1 saturated heterocycles. The lowest BCUT2D eigenvalue weighted by molar-refractivity contribution is 0.396. The second-order valence-corrected chi connectivity index (χ2v) is 4.93. The highest BCUT2D eigenvalue weighted by Gasteiger charge is 2.19. The van der Waals surface area contributed by atoms with Gasteiger partial charge in [-0.3, -0.25) is 4.68 Å². The summed E-state index contributed by atoms with van der Waals surface area (Å²) < 4.78 is 2.12. The molecule has 0 aromatic carbocycles. The van der Waals surface area contributed by atoms with Crippen LogP contribution in [0.25, 0.3) is 0 Å². The highest BCUT2D eigenvalue weighted by Crippen LogP contribution is 2.09. The third-order valence-electron chi connectivity index (χ3n) is 3.54. The Hall–Kier alpha value is -0.870. The Bertz CT molecular complexity index is 358. The van der Waals surface area contributed by atoms with Crippen LogP contribution in [0.1, 0.15) is 31.7 Å². The Morgan fingerprint density at radius 1 is 1.47 bits per heavy atom. The largest absolute Gasteiger partial charge is 0.307 e. The summed E-state index contributed by atoms with van der Waals surface area (Å²) in [4.78, 5) is 2.38. The smallest absolute Gasteiger partial charge is 0.0625 e. The van der Waals surface area contributed by atoms with Crippen LogP contribution in [-0.2, 0) is 19.5 Å². The minimum Gasteiger partial charge on any atom is -0.307 e. The van der Waals surface area contributed by atoms with Crippen molar-refractivity contribution in [3.05, 3.63) is 17.5 Å². The molecule has 1 aromatic rings. The van der Waals surface area contributed by atoms with Gasteiger partial charge in [0.1, 0.15) is 0 Å². The molecule has 1 unspecified atom stereocenters. The fraction of sp³-hybridized carbons (Fsp3) is 0.769. The van der Waals surface area contributed by atoms with Gasteiger partial charge >= 0.3 is 0 Å². The first-order valence-electron chi connectivity index (χ1n) is 6.70. The van der Waals surface area contributed by atoms with E-state index in [0.29, 0.717) is 6.04 Å². The first-order chi connectivity index (χ1) is 8.22. The summed E-state index contributed by atoms with van der Waals surface area (Å²) in [6.45, 7) is 8.59. The van der Waals surface area contributed by atoms with Gasteiger partial charge in [0, 0.05) is 25.7 Å². The van der Waals surface area contributed by atoms with Crippen LogP contribution in [0.4, 0.5) is 0 Å². The predicted octanol–water partition coefficient (Wildman–Crippen LogP) is 1.26. The van der Waals surface area contributed by atoms with Crippen molar-refractivity contribution in [3.8, 4) is 0 Å². The number of nitrogens with zero attached hydrogens (tertiary/aromatic N) is 3. The number of hydrogen-bond acceptors (Lipinski definition) is 3. The van der Waals surface area contributed by atoms with E-state index < -0.39 is 0 Å². The Labute approximate surface area is 104 Å². The fourth-order valence-corrected chi connectivity index (χ4v) is 2.45. The highest BCUT2D eigenvalue weighted by atomic mass is 15.3. The zero-order chi connectivity index (χ0) is 12.3. The normalized spacial score (nSPS) is 21.2. The van der Waals surface area contributed by atoms with Crippen molar-refractivity contribution in [2.24, 2.45) is 0 Å². The van der Waals surface area contributed by atoms with Gasteiger partial charge in [-0.05, 0) is 39.4 Å². The van der Waals surface area contributed by atoms with Crippen LogP contribution in [0, 0.1) is 0 Å². The first-order valence-corrected chi connectivity index (χ1v) is 6.70. The molecule has 17 heavy (non-hydrogen) atoms. The molecule has 1 aliphatic heterocycles. The lowest BCUT2D eigenvalue weighted by Crippen LogP contribution is -2.31. The molecule has 4 nitrogen and oxygen atoms in total. The van der Waals surface area contributed by atoms with Crippen molar-refractivity contribution >= 4 is 0 Å². The maximum absolute atomic E-state index is 4.57. The van der Waals surface area contributed by atoms with Crippen molar-refractivity contribution in [1.29, 1.82) is 0 Å². The molecule has 0 saturated carbocycles. The van der Waals surface area contributed by atoms with Gasteiger partial charge in [-0.1, -0.05) is 6.92 Å². The molecule has 1 aliphatic rings. The molecule has 4 heteroatoms. The molecule has 2 rings (SSSR count). The number of nitrogens with one attached hydrogen (secondary N) is 1. The molecule has 0 spiro atoms. The molecule has 0 radical (unpaired) electrons. The lowest BCUT2D eigenvalue weighted by Gasteiger charge is -2.13. The quantitative estimate of drug-likeness (QED) is 0.835. The van der Waals surface area contributed by atoms with Crippen LogP contribution in [-0.4, -0.2) is 40.9 Å². The van der Waals surface area contributed by atoms with E-state index in [1.165, 1.54) is 30.9 Å². The number of aryl methyl sites for hydroxylation is 2. The zero-order valence-corrected chi connectivity index (χ0v) is 11.2. The summed E-state index contributed by atoms with van der Waals surface area (Å²) in [7, 11) is 2.19. The Balaban J connectivity index is 1.91. The topological polar surface area (TPSA) is 33.1 Å². The maximum Gasteiger partial charge on any atom is 0.0625 e. The molecule has 1 N–H and O–H groups in total. The zero-order valence-electron chi connectivity index (χ0n) is 11.2. The fourth-order valence-electron chi connectivity index (χ4n) is 2.45. The van der Waals surface area contributed by atoms with Gasteiger partial charge in [-0.25, -0.2) is 0 Å². The average Bonchev–Trinajstić information content (AvgIpc) is 2.92. The van der Waals surface area contributed by atoms with Gasteiger partial charge in [0.25, 0.3) is 0 Å². The van der Waals surface area contributed by atoms with E-state index in [0.717, 1.165) is 19.5 Å². The minimum atomic E-state index is 0.644. The molecule has 1 aromatic heterocycles. The summed E-state index contributed by atoms with van der Waals surface area (Å²) >= 11 is 0. The van der Waals surface area contributed by atoms with E-state index >= 15 is 0 Å². The predicted molar refractivity (Wildman–Crippen MR) is 70.0 cm³/mol. The van der Waals surface area contributed by atoms with Crippen molar-refractivity contribution in [2.75, 3.05) is 20.1 Å². The second-order valence-electron chi connectivity index (χ2n) is 4.93. The van der Waals surface area contributed by atoms with Crippen LogP contribution in [0.5, 0.6) is 0 Å². The third kappa shape index (κ3) is 3.07. The molecule has 1 fully saturated rings. The Kier molecular flexibility index (Phi) is 4.18. The van der Waals surface area contributed by atoms with E-state index in [1.54, 1.807) is 0 Å². The summed E-state index contributed by atoms with van der Waals surface area (Å²) in [5, 5.41) is 8.21. The van der Waals surface area contributed by atoms with Gasteiger partial charge < -0.3 is 10.2 Å². The molecular formula is C13H24N4. The van der Waals surface area contributed by atoms with Gasteiger partial charge in [0.05, 0.1) is 11.4 Å². The van der Waals surface area contributed by atoms with Crippen LogP contribution >= 0.6 is 0 Å². The van der Waals surface area contributed by atoms with Crippen LogP contribution in [0.2, 0.25) is 0 Å². The number of likely N-dealkylation sites (tertiary alicyclic amines) is 1. The van der Waals surface area contributed by atoms with Crippen molar-refractivity contribution in [3.63, 3.8) is 0 Å². The number of hydrogen-bond donors (Lipinski definition) is 1. The van der Waals surface area contributed by atoms with E-state index in [1.807, 2.05) is 0 Å². The monoisotopic (exact) mass is 236 g/mol. The van der Waals surface area contributed by atoms with Crippen LogP contribution < -0.4 is 5.32 Å². The van der Waals surface area contributed by atoms with E-state index in [9.17, 15) is 0 Å². The standard InChI is InChI=1S/C13H24N4/c1-4-11-8-13(17(5-2)15-11)9-14-12-6-7-16(3)10-12/h8,12,14H,4-7,9-10H2,1-3H3. The SMILES string of the molecule is CCc1cc(CNC2CCN(C)C2)n(CC)n1. The van der Waals surface area contributed by atoms with Gasteiger partial charge in [0.15, 0.2) is 0 Å². The van der Waals surface area contributed by atoms with Crippen molar-refractivity contribution < 1.29 is 0 Å². The first kappa shape index (κ1) is 12.6. The number of likely N-dealkylation sites (N-methyl/N-ethyl adjacent to an activating group) is 1. The van der Waals surface area contributed by atoms with Gasteiger partial charge in [-0.2, -0.15) is 5.10 Å². The van der Waals surface area contributed by atoms with E-state index in [2.05, 4.69) is 47.0 Å². The number of aromatic nitrogens is 2. The molecule has 0 bridgehead atoms. The number of rotatable bonds is 5. The van der Waals surface area contributed by atoms with Crippen LogP contribution in [0.3, 0.4) is 0 Å². The molecule has 1 atom stereocenters. The van der Waals surface area contributed by atoms with Crippen LogP contribution in [0.15, 0.2) is 6.07 Å². The molecule has 0 aliphatic carbocycles. The van der Waals surface area contributed by atoms with Gasteiger partial charge in [-0.15, -0.1) is 0 Å². The Morgan fingerprint density at radius 2 is 2.29 bits per heavy atom. The highest BCUT2D eigenvalue weighted by molar-refractivity contribution is 5.10. The third-order valence-corrected chi connectivity index (χ3v) is 3.54. The van der Waals surface area contributed by atoms with Crippen molar-refractivity contribution in [2.45, 2.75) is 45.8 Å².